The Labute approximate surface area is 157 Å². The molecule has 27 heavy (non-hydrogen) atoms. The maximum absolute atomic E-state index is 12.1. The fourth-order valence-corrected chi connectivity index (χ4v) is 2.46. The molecule has 1 aromatic heterocycles. The molecular formula is C18H11ClN3O5-. The summed E-state index contributed by atoms with van der Waals surface area (Å²) in [6, 6.07) is 11.9. The molecule has 0 radical (unpaired) electrons. The molecule has 1 heterocycles. The Morgan fingerprint density at radius 3 is 2.74 bits per heavy atom. The summed E-state index contributed by atoms with van der Waals surface area (Å²) in [5.41, 5.74) is 0.252. The summed E-state index contributed by atoms with van der Waals surface area (Å²) < 4.78 is 5.01. The van der Waals surface area contributed by atoms with Gasteiger partial charge in [0.15, 0.2) is 5.76 Å². The fraction of sp³-hybridized carbons (Fsp3) is 0. The van der Waals surface area contributed by atoms with Crippen LogP contribution >= 0.6 is 11.6 Å². The van der Waals surface area contributed by atoms with Crippen LogP contribution in [0, 0.1) is 10.1 Å². The lowest BCUT2D eigenvalue weighted by atomic mass is 10.2. The van der Waals surface area contributed by atoms with Crippen LogP contribution in [-0.4, -0.2) is 17.0 Å². The van der Waals surface area contributed by atoms with Gasteiger partial charge in [0.05, 0.1) is 16.9 Å². The molecule has 0 aliphatic carbocycles. The van der Waals surface area contributed by atoms with Crippen LogP contribution in [0.25, 0.3) is 0 Å². The van der Waals surface area contributed by atoms with Gasteiger partial charge in [-0.2, -0.15) is 0 Å². The minimum absolute atomic E-state index is 0.0146. The summed E-state index contributed by atoms with van der Waals surface area (Å²) >= 11 is 5.82. The van der Waals surface area contributed by atoms with Crippen molar-refractivity contribution in [3.8, 4) is 5.75 Å². The number of aliphatic imine (C=N–C) groups is 1. The molecule has 0 aliphatic rings. The molecule has 8 nitrogen and oxygen atoms in total. The average molecular weight is 385 g/mol. The smallest absolute Gasteiger partial charge is 0.291 e. The number of amides is 1. The van der Waals surface area contributed by atoms with Crippen LogP contribution < -0.4 is 10.4 Å². The van der Waals surface area contributed by atoms with Crippen molar-refractivity contribution >= 4 is 40.8 Å². The molecule has 0 saturated heterocycles. The number of rotatable bonds is 5. The summed E-state index contributed by atoms with van der Waals surface area (Å²) in [5, 5.41) is 25.7. The first kappa shape index (κ1) is 18.2. The Morgan fingerprint density at radius 2 is 2.04 bits per heavy atom. The van der Waals surface area contributed by atoms with Crippen molar-refractivity contribution in [3.63, 3.8) is 0 Å². The van der Waals surface area contributed by atoms with E-state index in [2.05, 4.69) is 10.3 Å². The van der Waals surface area contributed by atoms with Gasteiger partial charge in [0.1, 0.15) is 0 Å². The highest BCUT2D eigenvalue weighted by Crippen LogP contribution is 2.30. The fourth-order valence-electron chi connectivity index (χ4n) is 2.24. The normalized spacial score (nSPS) is 10.9. The summed E-state index contributed by atoms with van der Waals surface area (Å²) in [6.45, 7) is 0. The van der Waals surface area contributed by atoms with E-state index in [4.69, 9.17) is 16.0 Å². The third-order valence-corrected chi connectivity index (χ3v) is 3.68. The highest BCUT2D eigenvalue weighted by molar-refractivity contribution is 6.31. The number of nitrogens with one attached hydrogen (secondary N) is 1. The highest BCUT2D eigenvalue weighted by Gasteiger charge is 2.11. The molecule has 2 aromatic carbocycles. The molecule has 0 saturated carbocycles. The summed E-state index contributed by atoms with van der Waals surface area (Å²) in [5.74, 6) is -1.05. The van der Waals surface area contributed by atoms with Crippen molar-refractivity contribution < 1.29 is 19.2 Å². The number of hydrogen-bond acceptors (Lipinski definition) is 6. The number of nitro groups is 1. The standard InChI is InChI=1S/C18H12ClN3O5/c19-12-7-11(17(23)15(8-12)22(25)26)10-20-13-3-1-4-14(9-13)21-18(24)16-5-2-6-27-16/h1-10,23H,(H,21,24)/p-1. The number of nitrogens with zero attached hydrogens (tertiary/aromatic N) is 2. The Morgan fingerprint density at radius 1 is 1.22 bits per heavy atom. The van der Waals surface area contributed by atoms with E-state index in [1.807, 2.05) is 0 Å². The minimum Gasteiger partial charge on any atom is -0.867 e. The molecule has 0 fully saturated rings. The number of halogens is 1. The minimum atomic E-state index is -0.795. The van der Waals surface area contributed by atoms with Crippen molar-refractivity contribution in [3.05, 3.63) is 81.3 Å². The second-order valence-corrected chi connectivity index (χ2v) is 5.78. The number of carbonyl (C=O) groups is 1. The monoisotopic (exact) mass is 384 g/mol. The van der Waals surface area contributed by atoms with Crippen LogP contribution in [0.2, 0.25) is 5.02 Å². The van der Waals surface area contributed by atoms with E-state index in [1.54, 1.807) is 30.3 Å². The zero-order chi connectivity index (χ0) is 19.4. The molecule has 0 atom stereocenters. The molecule has 1 amide bonds. The van der Waals surface area contributed by atoms with E-state index >= 15 is 0 Å². The van der Waals surface area contributed by atoms with E-state index in [0.29, 0.717) is 11.4 Å². The number of carbonyl (C=O) groups excluding carboxylic acids is 1. The van der Waals surface area contributed by atoms with Gasteiger partial charge in [-0.3, -0.25) is 19.9 Å². The average Bonchev–Trinajstić information content (AvgIpc) is 3.17. The third kappa shape index (κ3) is 4.31. The Balaban J connectivity index is 1.82. The van der Waals surface area contributed by atoms with Crippen molar-refractivity contribution in [2.24, 2.45) is 4.99 Å². The number of benzene rings is 2. The molecule has 1 N–H and O–H groups in total. The largest absolute Gasteiger partial charge is 0.867 e. The lowest BCUT2D eigenvalue weighted by molar-refractivity contribution is -0.398. The molecule has 9 heteroatoms. The Hall–Kier alpha value is -3.65. The van der Waals surface area contributed by atoms with Gasteiger partial charge in [-0.1, -0.05) is 17.7 Å². The van der Waals surface area contributed by atoms with Crippen LogP contribution in [0.1, 0.15) is 16.1 Å². The summed E-state index contributed by atoms with van der Waals surface area (Å²) in [7, 11) is 0. The highest BCUT2D eigenvalue weighted by atomic mass is 35.5. The first-order valence-electron chi connectivity index (χ1n) is 7.58. The molecule has 0 spiro atoms. The number of hydrogen-bond donors (Lipinski definition) is 1. The summed E-state index contributed by atoms with van der Waals surface area (Å²) in [4.78, 5) is 26.2. The predicted octanol–water partition coefficient (Wildman–Crippen LogP) is 3.92. The Bertz CT molecular complexity index is 1030. The van der Waals surface area contributed by atoms with Crippen molar-refractivity contribution in [2.75, 3.05) is 5.32 Å². The quantitative estimate of drug-likeness (QED) is 0.406. The van der Waals surface area contributed by atoms with Gasteiger partial charge < -0.3 is 14.8 Å². The van der Waals surface area contributed by atoms with Crippen LogP contribution in [0.3, 0.4) is 0 Å². The molecule has 0 bridgehead atoms. The molecule has 0 unspecified atom stereocenters. The SMILES string of the molecule is O=C(Nc1cccc(N=Cc2cc(Cl)cc([N+](=O)[O-])c2[O-])c1)c1ccco1. The number of furan rings is 1. The second kappa shape index (κ2) is 7.71. The van der Waals surface area contributed by atoms with E-state index in [9.17, 15) is 20.0 Å². The predicted molar refractivity (Wildman–Crippen MR) is 97.9 cm³/mol. The van der Waals surface area contributed by atoms with Gasteiger partial charge >= 0.3 is 0 Å². The number of nitro benzene ring substituents is 1. The lowest BCUT2D eigenvalue weighted by Gasteiger charge is -2.10. The first-order valence-corrected chi connectivity index (χ1v) is 7.96. The molecule has 0 aliphatic heterocycles. The Kier molecular flexibility index (Phi) is 5.18. The first-order chi connectivity index (χ1) is 12.9. The van der Waals surface area contributed by atoms with Crippen molar-refractivity contribution in [2.45, 2.75) is 0 Å². The van der Waals surface area contributed by atoms with E-state index < -0.39 is 22.3 Å². The molecular weight excluding hydrogens is 374 g/mol. The van der Waals surface area contributed by atoms with Gasteiger partial charge in [0, 0.05) is 23.0 Å². The summed E-state index contributed by atoms with van der Waals surface area (Å²) in [6.07, 6.45) is 2.58. The van der Waals surface area contributed by atoms with Crippen LogP contribution in [0.5, 0.6) is 5.75 Å². The molecule has 3 rings (SSSR count). The van der Waals surface area contributed by atoms with Crippen LogP contribution in [0.15, 0.2) is 64.2 Å². The van der Waals surface area contributed by atoms with Crippen molar-refractivity contribution in [1.29, 1.82) is 0 Å². The number of anilines is 1. The van der Waals surface area contributed by atoms with Crippen LogP contribution in [-0.2, 0) is 0 Å². The van der Waals surface area contributed by atoms with Gasteiger partial charge in [0.2, 0.25) is 0 Å². The van der Waals surface area contributed by atoms with E-state index in [1.165, 1.54) is 24.6 Å². The second-order valence-electron chi connectivity index (χ2n) is 5.34. The lowest BCUT2D eigenvalue weighted by Crippen LogP contribution is -2.10. The van der Waals surface area contributed by atoms with E-state index in [-0.39, 0.29) is 16.3 Å². The van der Waals surface area contributed by atoms with Gasteiger partial charge in [-0.15, -0.1) is 0 Å². The maximum Gasteiger partial charge on any atom is 0.291 e. The van der Waals surface area contributed by atoms with Gasteiger partial charge in [-0.25, -0.2) is 0 Å². The zero-order valence-electron chi connectivity index (χ0n) is 13.6. The third-order valence-electron chi connectivity index (χ3n) is 3.46. The van der Waals surface area contributed by atoms with E-state index in [0.717, 1.165) is 6.07 Å². The van der Waals surface area contributed by atoms with Gasteiger partial charge in [0.25, 0.3) is 11.6 Å². The maximum atomic E-state index is 12.1. The topological polar surface area (TPSA) is 121 Å². The molecule has 3 aromatic rings. The zero-order valence-corrected chi connectivity index (χ0v) is 14.3. The van der Waals surface area contributed by atoms with Gasteiger partial charge in [-0.05, 0) is 47.7 Å². The van der Waals surface area contributed by atoms with Crippen molar-refractivity contribution in [1.82, 2.24) is 0 Å². The molecule has 136 valence electrons. The van der Waals surface area contributed by atoms with Crippen LogP contribution in [0.4, 0.5) is 17.1 Å².